The number of hydrogen-bond donors (Lipinski definition) is 2. The van der Waals surface area contributed by atoms with Gasteiger partial charge in [-0.25, -0.2) is 5.43 Å². The third kappa shape index (κ3) is 4.33. The van der Waals surface area contributed by atoms with E-state index in [4.69, 9.17) is 25.8 Å². The molecule has 0 bridgehead atoms. The van der Waals surface area contributed by atoms with Gasteiger partial charge in [0.1, 0.15) is 11.5 Å². The van der Waals surface area contributed by atoms with E-state index in [1.807, 2.05) is 0 Å². The summed E-state index contributed by atoms with van der Waals surface area (Å²) in [4.78, 5) is 12.2. The van der Waals surface area contributed by atoms with Gasteiger partial charge in [0.25, 0.3) is 5.91 Å². The van der Waals surface area contributed by atoms with Crippen molar-refractivity contribution in [3.63, 3.8) is 0 Å². The first-order valence-electron chi connectivity index (χ1n) is 7.12. The second-order valence-electron chi connectivity index (χ2n) is 4.82. The fourth-order valence-corrected chi connectivity index (χ4v) is 2.25. The van der Waals surface area contributed by atoms with Gasteiger partial charge in [0.15, 0.2) is 11.5 Å². The van der Waals surface area contributed by atoms with Gasteiger partial charge >= 0.3 is 0 Å². The summed E-state index contributed by atoms with van der Waals surface area (Å²) in [5.41, 5.74) is 3.24. The molecule has 0 saturated carbocycles. The van der Waals surface area contributed by atoms with Crippen LogP contribution in [0.1, 0.15) is 15.9 Å². The van der Waals surface area contributed by atoms with E-state index in [0.717, 1.165) is 0 Å². The van der Waals surface area contributed by atoms with Crippen LogP contribution in [0.5, 0.6) is 23.0 Å². The number of nitrogens with one attached hydrogen (secondary N) is 1. The molecule has 8 heteroatoms. The number of phenols is 1. The zero-order valence-corrected chi connectivity index (χ0v) is 14.6. The number of hydrazone groups is 1. The Morgan fingerprint density at radius 1 is 1.12 bits per heavy atom. The number of nitrogens with zero attached hydrogens (tertiary/aromatic N) is 1. The Hall–Kier alpha value is -2.93. The molecule has 132 valence electrons. The lowest BCUT2D eigenvalue weighted by atomic mass is 10.2. The fourth-order valence-electron chi connectivity index (χ4n) is 2.04. The number of benzene rings is 2. The zero-order valence-electron chi connectivity index (χ0n) is 13.9. The standard InChI is InChI=1S/C17H17ClN2O5/c1-23-11-4-5-12(14(8-11)24-2)17(22)20-19-9-10-6-13(18)16(21)15(7-10)25-3/h4-9,21H,1-3H3,(H,20,22)/b19-9+. The normalized spacial score (nSPS) is 10.6. The molecule has 0 radical (unpaired) electrons. The molecule has 0 aromatic heterocycles. The van der Waals surface area contributed by atoms with Crippen LogP contribution in [0.2, 0.25) is 5.02 Å². The van der Waals surface area contributed by atoms with Crippen molar-refractivity contribution in [2.75, 3.05) is 21.3 Å². The highest BCUT2D eigenvalue weighted by atomic mass is 35.5. The topological polar surface area (TPSA) is 89.4 Å². The van der Waals surface area contributed by atoms with Crippen molar-refractivity contribution >= 4 is 23.7 Å². The molecule has 0 saturated heterocycles. The van der Waals surface area contributed by atoms with Gasteiger partial charge in [-0.05, 0) is 29.8 Å². The van der Waals surface area contributed by atoms with Gasteiger partial charge in [0.05, 0.1) is 38.1 Å². The van der Waals surface area contributed by atoms with Crippen LogP contribution in [0.25, 0.3) is 0 Å². The van der Waals surface area contributed by atoms with Crippen LogP contribution < -0.4 is 19.6 Å². The molecule has 0 aliphatic heterocycles. The highest BCUT2D eigenvalue weighted by molar-refractivity contribution is 6.32. The van der Waals surface area contributed by atoms with E-state index >= 15 is 0 Å². The lowest BCUT2D eigenvalue weighted by molar-refractivity contribution is 0.0952. The number of carbonyl (C=O) groups is 1. The maximum atomic E-state index is 12.2. The molecule has 0 aliphatic carbocycles. The molecule has 2 aromatic rings. The SMILES string of the molecule is COc1ccc(C(=O)N/N=C/c2cc(Cl)c(O)c(OC)c2)c(OC)c1. The number of carbonyl (C=O) groups excluding carboxylic acids is 1. The Balaban J connectivity index is 2.15. The van der Waals surface area contributed by atoms with Gasteiger partial charge in [-0.15, -0.1) is 0 Å². The molecule has 0 spiro atoms. The average Bonchev–Trinajstić information content (AvgIpc) is 2.63. The maximum absolute atomic E-state index is 12.2. The van der Waals surface area contributed by atoms with Gasteiger partial charge in [0.2, 0.25) is 0 Å². The maximum Gasteiger partial charge on any atom is 0.275 e. The van der Waals surface area contributed by atoms with E-state index < -0.39 is 5.91 Å². The second kappa shape index (κ2) is 8.25. The predicted molar refractivity (Wildman–Crippen MR) is 94.3 cm³/mol. The van der Waals surface area contributed by atoms with E-state index in [0.29, 0.717) is 22.6 Å². The minimum Gasteiger partial charge on any atom is -0.503 e. The molecule has 0 heterocycles. The van der Waals surface area contributed by atoms with Crippen molar-refractivity contribution in [3.05, 3.63) is 46.5 Å². The van der Waals surface area contributed by atoms with E-state index in [-0.39, 0.29) is 16.5 Å². The Morgan fingerprint density at radius 3 is 2.48 bits per heavy atom. The lowest BCUT2D eigenvalue weighted by Gasteiger charge is -2.09. The molecule has 2 aromatic carbocycles. The van der Waals surface area contributed by atoms with Crippen LogP contribution in [-0.4, -0.2) is 38.6 Å². The molecule has 0 fully saturated rings. The monoisotopic (exact) mass is 364 g/mol. The summed E-state index contributed by atoms with van der Waals surface area (Å²) in [6, 6.07) is 7.84. The van der Waals surface area contributed by atoms with Crippen molar-refractivity contribution < 1.29 is 24.1 Å². The zero-order chi connectivity index (χ0) is 18.4. The molecular weight excluding hydrogens is 348 g/mol. The minimum atomic E-state index is -0.451. The summed E-state index contributed by atoms with van der Waals surface area (Å²) in [5.74, 6) is 0.530. The number of hydrogen-bond acceptors (Lipinski definition) is 6. The third-order valence-electron chi connectivity index (χ3n) is 3.30. The van der Waals surface area contributed by atoms with Crippen molar-refractivity contribution in [1.82, 2.24) is 5.43 Å². The predicted octanol–water partition coefficient (Wildman–Crippen LogP) is 2.84. The summed E-state index contributed by atoms with van der Waals surface area (Å²) in [7, 11) is 4.39. The van der Waals surface area contributed by atoms with Crippen LogP contribution in [0.4, 0.5) is 0 Å². The Bertz CT molecular complexity index is 808. The number of methoxy groups -OCH3 is 3. The van der Waals surface area contributed by atoms with Crippen LogP contribution in [0.3, 0.4) is 0 Å². The van der Waals surface area contributed by atoms with Gasteiger partial charge in [0, 0.05) is 6.07 Å². The first kappa shape index (κ1) is 18.4. The number of rotatable bonds is 6. The van der Waals surface area contributed by atoms with Crippen LogP contribution in [0.15, 0.2) is 35.4 Å². The molecule has 2 N–H and O–H groups in total. The van der Waals surface area contributed by atoms with Crippen molar-refractivity contribution in [3.8, 4) is 23.0 Å². The highest BCUT2D eigenvalue weighted by Gasteiger charge is 2.13. The molecule has 2 rings (SSSR count). The first-order chi connectivity index (χ1) is 12.0. The highest BCUT2D eigenvalue weighted by Crippen LogP contribution is 2.34. The van der Waals surface area contributed by atoms with Crippen molar-refractivity contribution in [2.24, 2.45) is 5.10 Å². The molecule has 25 heavy (non-hydrogen) atoms. The minimum absolute atomic E-state index is 0.115. The van der Waals surface area contributed by atoms with Crippen LogP contribution >= 0.6 is 11.6 Å². The summed E-state index contributed by atoms with van der Waals surface area (Å²) in [6.07, 6.45) is 1.38. The number of halogens is 1. The molecular formula is C17H17ClN2O5. The quantitative estimate of drug-likeness (QED) is 0.607. The van der Waals surface area contributed by atoms with Crippen molar-refractivity contribution in [1.29, 1.82) is 0 Å². The van der Waals surface area contributed by atoms with E-state index in [1.165, 1.54) is 39.7 Å². The lowest BCUT2D eigenvalue weighted by Crippen LogP contribution is -2.18. The van der Waals surface area contributed by atoms with Gasteiger partial charge in [-0.1, -0.05) is 11.6 Å². The summed E-state index contributed by atoms with van der Waals surface area (Å²) in [6.45, 7) is 0. The van der Waals surface area contributed by atoms with Gasteiger partial charge < -0.3 is 19.3 Å². The first-order valence-corrected chi connectivity index (χ1v) is 7.50. The van der Waals surface area contributed by atoms with E-state index in [1.54, 1.807) is 18.2 Å². The van der Waals surface area contributed by atoms with Gasteiger partial charge in [-0.2, -0.15) is 5.10 Å². The summed E-state index contributed by atoms with van der Waals surface area (Å²) < 4.78 is 15.3. The number of ether oxygens (including phenoxy) is 3. The Morgan fingerprint density at radius 2 is 1.84 bits per heavy atom. The number of amides is 1. The molecule has 7 nitrogen and oxygen atoms in total. The van der Waals surface area contributed by atoms with E-state index in [9.17, 15) is 9.90 Å². The molecule has 0 unspecified atom stereocenters. The average molecular weight is 365 g/mol. The van der Waals surface area contributed by atoms with Crippen LogP contribution in [0, 0.1) is 0 Å². The second-order valence-corrected chi connectivity index (χ2v) is 5.23. The number of phenolic OH excluding ortho intramolecular Hbond substituents is 1. The number of aromatic hydroxyl groups is 1. The molecule has 0 atom stereocenters. The summed E-state index contributed by atoms with van der Waals surface area (Å²) in [5, 5.41) is 13.7. The van der Waals surface area contributed by atoms with E-state index in [2.05, 4.69) is 10.5 Å². The molecule has 0 aliphatic rings. The fraction of sp³-hybridized carbons (Fsp3) is 0.176. The Labute approximate surface area is 149 Å². The largest absolute Gasteiger partial charge is 0.503 e. The smallest absolute Gasteiger partial charge is 0.275 e. The molecule has 1 amide bonds. The van der Waals surface area contributed by atoms with Crippen molar-refractivity contribution in [2.45, 2.75) is 0 Å². The Kier molecular flexibility index (Phi) is 6.08. The summed E-state index contributed by atoms with van der Waals surface area (Å²) >= 11 is 5.90. The van der Waals surface area contributed by atoms with Crippen LogP contribution in [-0.2, 0) is 0 Å². The third-order valence-corrected chi connectivity index (χ3v) is 3.59. The van der Waals surface area contributed by atoms with Gasteiger partial charge in [-0.3, -0.25) is 4.79 Å².